The monoisotopic (exact) mass is 554 g/mol. The Balaban J connectivity index is 1.23. The summed E-state index contributed by atoms with van der Waals surface area (Å²) in [6.45, 7) is 6.97. The van der Waals surface area contributed by atoms with Crippen LogP contribution in [-0.4, -0.2) is 19.0 Å². The minimum atomic E-state index is -0.453. The molecule has 1 aliphatic carbocycles. The zero-order chi connectivity index (χ0) is 28.0. The smallest absolute Gasteiger partial charge is 0.344 e. The van der Waals surface area contributed by atoms with Gasteiger partial charge in [-0.05, 0) is 70.7 Å². The Morgan fingerprint density at radius 3 is 2.65 bits per heavy atom. The second-order valence-corrected chi connectivity index (χ2v) is 12.5. The van der Waals surface area contributed by atoms with E-state index in [2.05, 4.69) is 31.4 Å². The molecule has 0 unspecified atom stereocenters. The van der Waals surface area contributed by atoms with Crippen molar-refractivity contribution in [1.82, 2.24) is 5.32 Å². The van der Waals surface area contributed by atoms with Crippen LogP contribution in [0.1, 0.15) is 76.5 Å². The minimum absolute atomic E-state index is 0.0464. The molecule has 206 valence electrons. The molecule has 1 aromatic heterocycles. The van der Waals surface area contributed by atoms with E-state index in [0.29, 0.717) is 23.0 Å². The molecule has 6 nitrogen and oxygen atoms in total. The summed E-state index contributed by atoms with van der Waals surface area (Å²) >= 11 is 1.72. The molecule has 1 aliphatic heterocycles. The third kappa shape index (κ3) is 4.62. The van der Waals surface area contributed by atoms with Crippen LogP contribution in [0, 0.1) is 11.3 Å². The van der Waals surface area contributed by atoms with Crippen molar-refractivity contribution in [3.05, 3.63) is 87.8 Å². The number of rotatable bonds is 6. The van der Waals surface area contributed by atoms with E-state index in [1.807, 2.05) is 48.5 Å². The standard InChI is InChI=1S/C33H34N2O4S/c1-5-33(2,3)21-14-15-24-27(18-21)40-31-28(24)30(36)34-29(35-31)20-13-16-25(26(17-20)38-4)39-32(37)23-12-8-10-19-9-6-7-11-22(19)23/h6-13,16-17,21,29,35H,5,14-15,18H2,1-4H3,(H,34,36)/t21-,29-/m1/s1. The SMILES string of the molecule is CCC(C)(C)[C@@H]1CCc2c(sc3c2C(=O)N[C@@H](c2ccc(OC(=O)c4cccc5ccccc45)c(OC)c2)N3)C1. The number of hydrogen-bond acceptors (Lipinski definition) is 6. The highest BCUT2D eigenvalue weighted by molar-refractivity contribution is 7.16. The van der Waals surface area contributed by atoms with E-state index in [1.54, 1.807) is 30.6 Å². The highest BCUT2D eigenvalue weighted by Crippen LogP contribution is 2.47. The molecule has 4 aromatic rings. The molecule has 3 aromatic carbocycles. The number of hydrogen-bond donors (Lipinski definition) is 2. The van der Waals surface area contributed by atoms with Crippen molar-refractivity contribution in [3.63, 3.8) is 0 Å². The highest BCUT2D eigenvalue weighted by atomic mass is 32.1. The molecule has 6 rings (SSSR count). The van der Waals surface area contributed by atoms with Crippen LogP contribution in [0.4, 0.5) is 5.00 Å². The van der Waals surface area contributed by atoms with E-state index >= 15 is 0 Å². The first kappa shape index (κ1) is 26.4. The molecule has 40 heavy (non-hydrogen) atoms. The molecule has 0 bridgehead atoms. The first-order valence-electron chi connectivity index (χ1n) is 13.9. The summed E-state index contributed by atoms with van der Waals surface area (Å²) in [6, 6.07) is 18.7. The van der Waals surface area contributed by atoms with E-state index in [-0.39, 0.29) is 11.3 Å². The van der Waals surface area contributed by atoms with Crippen LogP contribution in [-0.2, 0) is 12.8 Å². The molecular weight excluding hydrogens is 520 g/mol. The summed E-state index contributed by atoms with van der Waals surface area (Å²) in [7, 11) is 1.54. The zero-order valence-corrected chi connectivity index (χ0v) is 24.1. The fourth-order valence-corrected chi connectivity index (χ4v) is 7.28. The van der Waals surface area contributed by atoms with Gasteiger partial charge in [-0.3, -0.25) is 4.79 Å². The lowest BCUT2D eigenvalue weighted by atomic mass is 9.69. The predicted octanol–water partition coefficient (Wildman–Crippen LogP) is 7.52. The van der Waals surface area contributed by atoms with Gasteiger partial charge >= 0.3 is 5.97 Å². The third-order valence-corrected chi connectivity index (χ3v) is 9.98. The minimum Gasteiger partial charge on any atom is -0.493 e. The van der Waals surface area contributed by atoms with E-state index < -0.39 is 12.1 Å². The summed E-state index contributed by atoms with van der Waals surface area (Å²) in [6.07, 6.45) is 3.81. The number of carbonyl (C=O) groups is 2. The number of carbonyl (C=O) groups excluding carboxylic acids is 2. The van der Waals surface area contributed by atoms with Gasteiger partial charge in [-0.15, -0.1) is 11.3 Å². The van der Waals surface area contributed by atoms with Crippen molar-refractivity contribution >= 4 is 39.0 Å². The maximum absolute atomic E-state index is 13.3. The lowest BCUT2D eigenvalue weighted by molar-refractivity contribution is 0.0731. The molecule has 0 saturated carbocycles. The van der Waals surface area contributed by atoms with E-state index in [9.17, 15) is 9.59 Å². The Kier molecular flexibility index (Phi) is 6.78. The van der Waals surface area contributed by atoms with Crippen molar-refractivity contribution in [1.29, 1.82) is 0 Å². The first-order chi connectivity index (χ1) is 19.3. The van der Waals surface area contributed by atoms with Crippen LogP contribution in [0.25, 0.3) is 10.8 Å². The van der Waals surface area contributed by atoms with E-state index in [0.717, 1.165) is 52.6 Å². The molecule has 0 spiro atoms. The largest absolute Gasteiger partial charge is 0.493 e. The van der Waals surface area contributed by atoms with Crippen molar-refractivity contribution in [2.24, 2.45) is 11.3 Å². The average Bonchev–Trinajstić information content (AvgIpc) is 3.35. The quantitative estimate of drug-likeness (QED) is 0.190. The molecule has 2 aliphatic rings. The number of methoxy groups -OCH3 is 1. The number of ether oxygens (including phenoxy) is 2. The Hall–Kier alpha value is -3.84. The number of nitrogens with one attached hydrogen (secondary N) is 2. The van der Waals surface area contributed by atoms with Crippen LogP contribution in [0.3, 0.4) is 0 Å². The van der Waals surface area contributed by atoms with Gasteiger partial charge in [0, 0.05) is 4.88 Å². The summed E-state index contributed by atoms with van der Waals surface area (Å²) in [5.74, 6) is 0.865. The summed E-state index contributed by atoms with van der Waals surface area (Å²) < 4.78 is 11.4. The average molecular weight is 555 g/mol. The van der Waals surface area contributed by atoms with Crippen LogP contribution in [0.2, 0.25) is 0 Å². The third-order valence-electron chi connectivity index (χ3n) is 8.79. The molecule has 0 fully saturated rings. The maximum Gasteiger partial charge on any atom is 0.344 e. The number of thiophene rings is 1. The Morgan fingerprint density at radius 2 is 1.85 bits per heavy atom. The lowest BCUT2D eigenvalue weighted by Gasteiger charge is -2.36. The van der Waals surface area contributed by atoms with Crippen LogP contribution in [0.5, 0.6) is 11.5 Å². The normalized spacial score (nSPS) is 18.4. The predicted molar refractivity (Wildman–Crippen MR) is 160 cm³/mol. The van der Waals surface area contributed by atoms with Gasteiger partial charge in [0.2, 0.25) is 0 Å². The number of anilines is 1. The number of amides is 1. The molecule has 2 heterocycles. The number of fused-ring (bicyclic) bond motifs is 4. The number of benzene rings is 3. The van der Waals surface area contributed by atoms with Gasteiger partial charge < -0.3 is 20.1 Å². The Morgan fingerprint density at radius 1 is 1.05 bits per heavy atom. The van der Waals surface area contributed by atoms with Gasteiger partial charge in [0.25, 0.3) is 5.91 Å². The van der Waals surface area contributed by atoms with E-state index in [4.69, 9.17) is 9.47 Å². The molecule has 0 radical (unpaired) electrons. The lowest BCUT2D eigenvalue weighted by Crippen LogP contribution is -2.38. The first-order valence-corrected chi connectivity index (χ1v) is 14.7. The summed E-state index contributed by atoms with van der Waals surface area (Å²) in [4.78, 5) is 27.8. The van der Waals surface area contributed by atoms with Crippen molar-refractivity contribution < 1.29 is 19.1 Å². The van der Waals surface area contributed by atoms with Crippen molar-refractivity contribution in [2.45, 2.75) is 52.6 Å². The molecule has 2 atom stereocenters. The fourth-order valence-electron chi connectivity index (χ4n) is 5.93. The molecule has 0 saturated heterocycles. The molecule has 1 amide bonds. The molecule has 7 heteroatoms. The van der Waals surface area contributed by atoms with Gasteiger partial charge in [-0.2, -0.15) is 0 Å². The Labute approximate surface area is 238 Å². The zero-order valence-electron chi connectivity index (χ0n) is 23.3. The van der Waals surface area contributed by atoms with E-state index in [1.165, 1.54) is 10.4 Å². The van der Waals surface area contributed by atoms with Crippen molar-refractivity contribution in [2.75, 3.05) is 12.4 Å². The van der Waals surface area contributed by atoms with Crippen LogP contribution >= 0.6 is 11.3 Å². The fraction of sp³-hybridized carbons (Fsp3) is 0.333. The van der Waals surface area contributed by atoms with Gasteiger partial charge in [0.15, 0.2) is 11.5 Å². The highest BCUT2D eigenvalue weighted by Gasteiger charge is 2.37. The molecule has 2 N–H and O–H groups in total. The van der Waals surface area contributed by atoms with Gasteiger partial charge in [-0.25, -0.2) is 4.79 Å². The van der Waals surface area contributed by atoms with Gasteiger partial charge in [0.05, 0.1) is 18.2 Å². The van der Waals surface area contributed by atoms with Gasteiger partial charge in [0.1, 0.15) is 11.2 Å². The van der Waals surface area contributed by atoms with Gasteiger partial charge in [-0.1, -0.05) is 69.7 Å². The topological polar surface area (TPSA) is 76.7 Å². The second kappa shape index (κ2) is 10.3. The number of esters is 1. The summed E-state index contributed by atoms with van der Waals surface area (Å²) in [5.41, 5.74) is 3.60. The Bertz CT molecular complexity index is 1620. The maximum atomic E-state index is 13.3. The van der Waals surface area contributed by atoms with Crippen LogP contribution in [0.15, 0.2) is 60.7 Å². The summed E-state index contributed by atoms with van der Waals surface area (Å²) in [5, 5.41) is 9.41. The van der Waals surface area contributed by atoms with Crippen molar-refractivity contribution in [3.8, 4) is 11.5 Å². The molecular formula is C33H34N2O4S. The van der Waals surface area contributed by atoms with Crippen LogP contribution < -0.4 is 20.1 Å². The second-order valence-electron chi connectivity index (χ2n) is 11.4.